The first kappa shape index (κ1) is 19.1. The normalized spacial score (nSPS) is 18.6. The lowest BCUT2D eigenvalue weighted by molar-refractivity contribution is -0.671. The van der Waals surface area contributed by atoms with Crippen LogP contribution in [0.25, 0.3) is 5.69 Å². The van der Waals surface area contributed by atoms with Crippen molar-refractivity contribution in [2.24, 2.45) is 4.99 Å². The van der Waals surface area contributed by atoms with Crippen LogP contribution in [0.5, 0.6) is 11.7 Å². The maximum absolute atomic E-state index is 12.8. The number of anilines is 1. The first-order valence-corrected chi connectivity index (χ1v) is 10.9. The maximum atomic E-state index is 12.8. The number of rotatable bonds is 4. The Morgan fingerprint density at radius 3 is 2.50 bits per heavy atom. The molecular formula is C24H17BrN4O3. The molecule has 4 aromatic rings. The minimum absolute atomic E-state index is 0.0733. The molecule has 2 unspecified atom stereocenters. The Hall–Kier alpha value is -3.65. The Morgan fingerprint density at radius 2 is 1.75 bits per heavy atom. The standard InChI is InChI=1S/C24H17BrN4O3/c1-31-17-12-10-16(11-13-17)29-23(24(30)32-27-29)20-22-21(14-6-8-15(25)9-7-14)28(22)19-5-3-2-4-18(19)26-20/h2-13,21-22H,1H3. The molecule has 158 valence electrons. The molecular weight excluding hydrogens is 472 g/mol. The molecule has 0 amide bonds. The number of hydrogen-bond donors (Lipinski definition) is 0. The molecule has 2 atom stereocenters. The van der Waals surface area contributed by atoms with Gasteiger partial charge in [-0.05, 0) is 46.6 Å². The summed E-state index contributed by atoms with van der Waals surface area (Å²) in [5, 5.41) is 16.8. The largest absolute Gasteiger partial charge is 0.539 e. The molecule has 3 aromatic carbocycles. The third-order valence-electron chi connectivity index (χ3n) is 5.87. The SMILES string of the molecule is COc1ccc(-[n+]2noc([O-])c2C2=Nc3ccccc3N3C2C3c2ccc(Br)cc2)cc1. The number of nitrogens with zero attached hydrogens (tertiary/aromatic N) is 4. The summed E-state index contributed by atoms with van der Waals surface area (Å²) < 4.78 is 12.9. The fraction of sp³-hybridized carbons (Fsp3) is 0.125. The second kappa shape index (κ2) is 7.20. The van der Waals surface area contributed by atoms with E-state index >= 15 is 0 Å². The summed E-state index contributed by atoms with van der Waals surface area (Å²) in [6, 6.07) is 23.5. The number of aliphatic imine (C=N–C) groups is 1. The van der Waals surface area contributed by atoms with Crippen molar-refractivity contribution in [3.63, 3.8) is 0 Å². The van der Waals surface area contributed by atoms with Gasteiger partial charge in [-0.15, -0.1) is 0 Å². The van der Waals surface area contributed by atoms with Gasteiger partial charge in [0.1, 0.15) is 17.5 Å². The Kier molecular flexibility index (Phi) is 4.29. The first-order chi connectivity index (χ1) is 15.7. The highest BCUT2D eigenvalue weighted by Gasteiger charge is 2.57. The molecule has 1 aromatic heterocycles. The molecule has 3 heterocycles. The molecule has 0 radical (unpaired) electrons. The van der Waals surface area contributed by atoms with E-state index in [0.29, 0.717) is 22.8 Å². The van der Waals surface area contributed by atoms with Crippen molar-refractivity contribution in [3.8, 4) is 17.4 Å². The molecule has 7 nitrogen and oxygen atoms in total. The number of benzene rings is 3. The second-order valence-corrected chi connectivity index (χ2v) is 8.57. The number of halogens is 1. The average Bonchev–Trinajstić information content (AvgIpc) is 3.47. The van der Waals surface area contributed by atoms with Crippen molar-refractivity contribution in [2.75, 3.05) is 12.0 Å². The Balaban J connectivity index is 1.49. The van der Waals surface area contributed by atoms with Crippen LogP contribution in [0.1, 0.15) is 17.3 Å². The summed E-state index contributed by atoms with van der Waals surface area (Å²) in [5.41, 5.74) is 4.70. The molecule has 6 rings (SSSR count). The molecule has 8 heteroatoms. The maximum Gasteiger partial charge on any atom is 0.287 e. The molecule has 0 spiro atoms. The summed E-state index contributed by atoms with van der Waals surface area (Å²) in [6.45, 7) is 0. The molecule has 1 saturated heterocycles. The van der Waals surface area contributed by atoms with Crippen molar-refractivity contribution < 1.29 is 19.0 Å². The van der Waals surface area contributed by atoms with Crippen LogP contribution in [0.2, 0.25) is 0 Å². The third kappa shape index (κ3) is 2.90. The van der Waals surface area contributed by atoms with Crippen LogP contribution in [0.15, 0.2) is 86.8 Å². The summed E-state index contributed by atoms with van der Waals surface area (Å²) in [5.74, 6) is 0.203. The zero-order valence-corrected chi connectivity index (χ0v) is 18.6. The Labute approximate surface area is 192 Å². The van der Waals surface area contributed by atoms with Gasteiger partial charge >= 0.3 is 0 Å². The lowest BCUT2D eigenvalue weighted by atomic mass is 10.0. The molecule has 0 aliphatic carbocycles. The van der Waals surface area contributed by atoms with Crippen LogP contribution in [0.4, 0.5) is 11.4 Å². The highest BCUT2D eigenvalue weighted by atomic mass is 79.9. The minimum Gasteiger partial charge on any atom is -0.539 e. The number of ether oxygens (including phenoxy) is 1. The molecule has 0 saturated carbocycles. The highest BCUT2D eigenvalue weighted by Crippen LogP contribution is 2.54. The molecule has 0 bridgehead atoms. The van der Waals surface area contributed by atoms with E-state index in [1.54, 1.807) is 7.11 Å². The van der Waals surface area contributed by atoms with Gasteiger partial charge < -0.3 is 19.3 Å². The number of hydrogen-bond acceptors (Lipinski definition) is 6. The van der Waals surface area contributed by atoms with E-state index in [9.17, 15) is 5.11 Å². The fourth-order valence-corrected chi connectivity index (χ4v) is 4.61. The van der Waals surface area contributed by atoms with Crippen LogP contribution in [0, 0.1) is 0 Å². The van der Waals surface area contributed by atoms with Gasteiger partial charge in [0.05, 0.1) is 29.8 Å². The Morgan fingerprint density at radius 1 is 1.00 bits per heavy atom. The van der Waals surface area contributed by atoms with E-state index in [0.717, 1.165) is 21.4 Å². The van der Waals surface area contributed by atoms with Gasteiger partial charge in [0, 0.05) is 16.6 Å². The van der Waals surface area contributed by atoms with E-state index in [1.165, 1.54) is 4.68 Å². The van der Waals surface area contributed by atoms with Crippen LogP contribution < -0.4 is 19.4 Å². The van der Waals surface area contributed by atoms with Crippen molar-refractivity contribution in [2.45, 2.75) is 12.1 Å². The predicted octanol–water partition coefficient (Wildman–Crippen LogP) is 3.86. The molecule has 0 N–H and O–H groups in total. The Bertz CT molecular complexity index is 1350. The summed E-state index contributed by atoms with van der Waals surface area (Å²) >= 11 is 3.50. The molecule has 2 aliphatic rings. The summed E-state index contributed by atoms with van der Waals surface area (Å²) in [4.78, 5) is 7.19. The number of para-hydroxylation sites is 2. The zero-order chi connectivity index (χ0) is 21.8. The topological polar surface area (TPSA) is 77.6 Å². The first-order valence-electron chi connectivity index (χ1n) is 10.1. The number of fused-ring (bicyclic) bond motifs is 3. The minimum atomic E-state index is -0.514. The van der Waals surface area contributed by atoms with Crippen LogP contribution in [0.3, 0.4) is 0 Å². The third-order valence-corrected chi connectivity index (χ3v) is 6.40. The van der Waals surface area contributed by atoms with Crippen molar-refractivity contribution in [1.82, 2.24) is 5.27 Å². The summed E-state index contributed by atoms with van der Waals surface area (Å²) in [6.07, 6.45) is 0. The van der Waals surface area contributed by atoms with Crippen LogP contribution in [-0.2, 0) is 0 Å². The second-order valence-electron chi connectivity index (χ2n) is 7.65. The van der Waals surface area contributed by atoms with E-state index in [-0.39, 0.29) is 12.1 Å². The zero-order valence-electron chi connectivity index (χ0n) is 17.0. The van der Waals surface area contributed by atoms with Gasteiger partial charge in [-0.1, -0.05) is 40.2 Å². The lowest BCUT2D eigenvalue weighted by Crippen LogP contribution is -2.41. The van der Waals surface area contributed by atoms with Gasteiger partial charge in [-0.3, -0.25) is 0 Å². The number of aromatic nitrogens is 2. The quantitative estimate of drug-likeness (QED) is 0.322. The monoisotopic (exact) mass is 488 g/mol. The van der Waals surface area contributed by atoms with E-state index in [1.807, 2.05) is 54.6 Å². The van der Waals surface area contributed by atoms with Crippen molar-refractivity contribution in [3.05, 3.63) is 88.5 Å². The highest BCUT2D eigenvalue weighted by molar-refractivity contribution is 9.10. The van der Waals surface area contributed by atoms with Crippen LogP contribution >= 0.6 is 15.9 Å². The molecule has 1 fully saturated rings. The van der Waals surface area contributed by atoms with Crippen molar-refractivity contribution in [1.29, 1.82) is 0 Å². The van der Waals surface area contributed by atoms with Gasteiger partial charge in [0.15, 0.2) is 5.95 Å². The average molecular weight is 489 g/mol. The van der Waals surface area contributed by atoms with E-state index < -0.39 is 5.95 Å². The lowest BCUT2D eigenvalue weighted by Gasteiger charge is -2.15. The molecule has 32 heavy (non-hydrogen) atoms. The predicted molar refractivity (Wildman–Crippen MR) is 120 cm³/mol. The molecule has 2 aliphatic heterocycles. The van der Waals surface area contributed by atoms with E-state index in [4.69, 9.17) is 14.3 Å². The smallest absolute Gasteiger partial charge is 0.287 e. The van der Waals surface area contributed by atoms with Gasteiger partial charge in [-0.2, -0.15) is 0 Å². The summed E-state index contributed by atoms with van der Waals surface area (Å²) in [7, 11) is 1.61. The van der Waals surface area contributed by atoms with E-state index in [2.05, 4.69) is 44.3 Å². The van der Waals surface area contributed by atoms with Crippen LogP contribution in [-0.4, -0.2) is 24.1 Å². The number of methoxy groups -OCH3 is 1. The van der Waals surface area contributed by atoms with Gasteiger partial charge in [-0.25, -0.2) is 4.99 Å². The fourth-order valence-electron chi connectivity index (χ4n) is 4.34. The van der Waals surface area contributed by atoms with Gasteiger partial charge in [0.25, 0.3) is 5.69 Å². The van der Waals surface area contributed by atoms with Gasteiger partial charge in [0.2, 0.25) is 5.69 Å². The van der Waals surface area contributed by atoms with Crippen molar-refractivity contribution >= 4 is 33.0 Å².